The maximum atomic E-state index is 10.6. The Labute approximate surface area is 92.2 Å². The van der Waals surface area contributed by atoms with Crippen molar-refractivity contribution in [1.29, 1.82) is 0 Å². The number of halogens is 2. The molecule has 0 aliphatic rings. The summed E-state index contributed by atoms with van der Waals surface area (Å²) >= 11 is 6.49. The summed E-state index contributed by atoms with van der Waals surface area (Å²) in [6.45, 7) is 0. The number of aliphatic carboxylic acids is 1. The fourth-order valence-electron chi connectivity index (χ4n) is 0.931. The van der Waals surface area contributed by atoms with Crippen molar-refractivity contribution in [3.05, 3.63) is 32.7 Å². The highest BCUT2D eigenvalue weighted by atomic mass is 79.9. The molecule has 0 aliphatic heterocycles. The van der Waals surface area contributed by atoms with Gasteiger partial charge in [0.15, 0.2) is 0 Å². The molecule has 0 saturated heterocycles. The topological polar surface area (TPSA) is 63.3 Å². The molecular weight excluding hydrogens is 302 g/mol. The lowest BCUT2D eigenvalue weighted by atomic mass is 10.1. The fraction of sp³-hybridized carbons (Fsp3) is 0.125. The lowest BCUT2D eigenvalue weighted by Gasteiger charge is -2.10. The van der Waals surface area contributed by atoms with Crippen molar-refractivity contribution in [3.63, 3.8) is 0 Å². The van der Waals surface area contributed by atoms with Gasteiger partial charge >= 0.3 is 5.97 Å². The smallest absolute Gasteiger partial charge is 0.325 e. The van der Waals surface area contributed by atoms with Crippen molar-refractivity contribution in [2.24, 2.45) is 5.73 Å². The van der Waals surface area contributed by atoms with E-state index in [-0.39, 0.29) is 0 Å². The predicted molar refractivity (Wildman–Crippen MR) is 56.4 cm³/mol. The molecule has 0 saturated carbocycles. The van der Waals surface area contributed by atoms with Crippen LogP contribution in [0.3, 0.4) is 0 Å². The second-order valence-electron chi connectivity index (χ2n) is 2.45. The molecule has 5 heteroatoms. The molecule has 0 spiro atoms. The maximum Gasteiger partial charge on any atom is 0.325 e. The zero-order chi connectivity index (χ0) is 10.0. The number of rotatable bonds is 2. The number of nitrogens with two attached hydrogens (primary N) is 1. The Bertz CT molecular complexity index is 321. The van der Waals surface area contributed by atoms with E-state index in [2.05, 4.69) is 31.9 Å². The van der Waals surface area contributed by atoms with E-state index in [4.69, 9.17) is 10.8 Å². The summed E-state index contributed by atoms with van der Waals surface area (Å²) < 4.78 is 1.38. The molecule has 1 atom stereocenters. The fourth-order valence-corrected chi connectivity index (χ4v) is 2.42. The van der Waals surface area contributed by atoms with Crippen LogP contribution in [0.2, 0.25) is 0 Å². The second kappa shape index (κ2) is 4.21. The van der Waals surface area contributed by atoms with E-state index < -0.39 is 12.0 Å². The summed E-state index contributed by atoms with van der Waals surface area (Å²) in [7, 11) is 0. The normalized spacial score (nSPS) is 12.5. The summed E-state index contributed by atoms with van der Waals surface area (Å²) in [6.07, 6.45) is 0. The first-order chi connectivity index (χ1) is 6.04. The van der Waals surface area contributed by atoms with Gasteiger partial charge in [-0.2, -0.15) is 0 Å². The molecule has 0 aliphatic carbocycles. The van der Waals surface area contributed by atoms with Crippen molar-refractivity contribution in [2.45, 2.75) is 6.04 Å². The average Bonchev–Trinajstić information content (AvgIpc) is 2.03. The Balaban J connectivity index is 3.20. The van der Waals surface area contributed by atoms with Gasteiger partial charge < -0.3 is 10.8 Å². The van der Waals surface area contributed by atoms with Gasteiger partial charge in [-0.15, -0.1) is 0 Å². The number of carboxylic acid groups (broad SMARTS) is 1. The van der Waals surface area contributed by atoms with Gasteiger partial charge in [0.25, 0.3) is 0 Å². The number of hydrogen-bond acceptors (Lipinski definition) is 2. The van der Waals surface area contributed by atoms with Crippen molar-refractivity contribution >= 4 is 37.8 Å². The Morgan fingerprint density at radius 2 is 1.85 bits per heavy atom. The van der Waals surface area contributed by atoms with E-state index in [1.54, 1.807) is 18.2 Å². The Hall–Kier alpha value is -0.390. The molecular formula is C8H7Br2NO2. The Kier molecular flexibility index (Phi) is 3.47. The highest BCUT2D eigenvalue weighted by Gasteiger charge is 2.19. The molecule has 3 nitrogen and oxygen atoms in total. The molecule has 0 fully saturated rings. The summed E-state index contributed by atoms with van der Waals surface area (Å²) in [5, 5.41) is 8.72. The lowest BCUT2D eigenvalue weighted by molar-refractivity contribution is -0.138. The van der Waals surface area contributed by atoms with Gasteiger partial charge in [0, 0.05) is 14.5 Å². The zero-order valence-corrected chi connectivity index (χ0v) is 9.67. The van der Waals surface area contributed by atoms with Crippen LogP contribution in [0, 0.1) is 0 Å². The third-order valence-corrected chi connectivity index (χ3v) is 2.96. The molecule has 0 heterocycles. The Morgan fingerprint density at radius 3 is 2.23 bits per heavy atom. The minimum absolute atomic E-state index is 0.551. The van der Waals surface area contributed by atoms with Gasteiger partial charge in [0.2, 0.25) is 0 Å². The van der Waals surface area contributed by atoms with Gasteiger partial charge in [-0.25, -0.2) is 0 Å². The predicted octanol–water partition coefficient (Wildman–Crippen LogP) is 2.30. The highest BCUT2D eigenvalue weighted by Crippen LogP contribution is 2.29. The third-order valence-electron chi connectivity index (χ3n) is 1.58. The monoisotopic (exact) mass is 307 g/mol. The van der Waals surface area contributed by atoms with E-state index >= 15 is 0 Å². The van der Waals surface area contributed by atoms with Crippen molar-refractivity contribution in [3.8, 4) is 0 Å². The van der Waals surface area contributed by atoms with Crippen LogP contribution in [-0.2, 0) is 4.79 Å². The SMILES string of the molecule is N[C@H](C(=O)O)c1c(Br)cccc1Br. The quantitative estimate of drug-likeness (QED) is 0.881. The number of benzene rings is 1. The van der Waals surface area contributed by atoms with Crippen molar-refractivity contribution < 1.29 is 9.90 Å². The number of hydrogen-bond donors (Lipinski definition) is 2. The van der Waals surface area contributed by atoms with Gasteiger partial charge in [-0.05, 0) is 12.1 Å². The molecule has 1 rings (SSSR count). The molecule has 1 aromatic carbocycles. The van der Waals surface area contributed by atoms with E-state index in [9.17, 15) is 4.79 Å². The van der Waals surface area contributed by atoms with Crippen LogP contribution in [-0.4, -0.2) is 11.1 Å². The third kappa shape index (κ3) is 2.30. The molecule has 13 heavy (non-hydrogen) atoms. The molecule has 0 radical (unpaired) electrons. The van der Waals surface area contributed by atoms with E-state index in [0.29, 0.717) is 14.5 Å². The summed E-state index contributed by atoms with van der Waals surface area (Å²) in [5.41, 5.74) is 6.03. The molecule has 1 aromatic rings. The standard InChI is InChI=1S/C8H7Br2NO2/c9-4-2-1-3-5(10)6(4)7(11)8(12)13/h1-3,7H,11H2,(H,12,13)/t7-/m0/s1. The van der Waals surface area contributed by atoms with Crippen LogP contribution in [0.1, 0.15) is 11.6 Å². The van der Waals surface area contributed by atoms with E-state index in [1.165, 1.54) is 0 Å². The van der Waals surface area contributed by atoms with Gasteiger partial charge in [-0.1, -0.05) is 37.9 Å². The van der Waals surface area contributed by atoms with Crippen LogP contribution < -0.4 is 5.73 Å². The summed E-state index contributed by atoms with van der Waals surface area (Å²) in [5.74, 6) is -1.05. The lowest BCUT2D eigenvalue weighted by Crippen LogP contribution is -2.21. The molecule has 70 valence electrons. The molecule has 0 bridgehead atoms. The van der Waals surface area contributed by atoms with Crippen LogP contribution in [0.15, 0.2) is 27.1 Å². The molecule has 0 amide bonds. The van der Waals surface area contributed by atoms with Crippen LogP contribution >= 0.6 is 31.9 Å². The van der Waals surface area contributed by atoms with E-state index in [0.717, 1.165) is 0 Å². The first kappa shape index (κ1) is 10.7. The molecule has 0 unspecified atom stereocenters. The van der Waals surface area contributed by atoms with Gasteiger partial charge in [-0.3, -0.25) is 4.79 Å². The highest BCUT2D eigenvalue weighted by molar-refractivity contribution is 9.11. The van der Waals surface area contributed by atoms with Gasteiger partial charge in [0.05, 0.1) is 0 Å². The summed E-state index contributed by atoms with van der Waals surface area (Å²) in [6, 6.07) is 4.29. The molecule has 0 aromatic heterocycles. The van der Waals surface area contributed by atoms with Crippen molar-refractivity contribution in [2.75, 3.05) is 0 Å². The number of carbonyl (C=O) groups is 1. The Morgan fingerprint density at radius 1 is 1.38 bits per heavy atom. The largest absolute Gasteiger partial charge is 0.480 e. The first-order valence-electron chi connectivity index (χ1n) is 3.46. The second-order valence-corrected chi connectivity index (χ2v) is 4.16. The van der Waals surface area contributed by atoms with Crippen molar-refractivity contribution in [1.82, 2.24) is 0 Å². The van der Waals surface area contributed by atoms with Crippen LogP contribution in [0.25, 0.3) is 0 Å². The average molecular weight is 309 g/mol. The minimum Gasteiger partial charge on any atom is -0.480 e. The molecule has 3 N–H and O–H groups in total. The van der Waals surface area contributed by atoms with Crippen LogP contribution in [0.4, 0.5) is 0 Å². The van der Waals surface area contributed by atoms with Gasteiger partial charge in [0.1, 0.15) is 6.04 Å². The maximum absolute atomic E-state index is 10.6. The minimum atomic E-state index is -1.05. The number of carboxylic acids is 1. The van der Waals surface area contributed by atoms with Crippen LogP contribution in [0.5, 0.6) is 0 Å². The van der Waals surface area contributed by atoms with E-state index in [1.807, 2.05) is 0 Å². The first-order valence-corrected chi connectivity index (χ1v) is 5.05. The zero-order valence-electron chi connectivity index (χ0n) is 6.50. The summed E-state index contributed by atoms with van der Waals surface area (Å²) in [4.78, 5) is 10.6.